The summed E-state index contributed by atoms with van der Waals surface area (Å²) in [5, 5.41) is 5.98. The van der Waals surface area contributed by atoms with Crippen LogP contribution in [-0.4, -0.2) is 32.2 Å². The molecule has 3 aromatic rings. The highest BCUT2D eigenvalue weighted by Gasteiger charge is 2.14. The minimum atomic E-state index is -0.115. The third kappa shape index (κ3) is 5.19. The van der Waals surface area contributed by atoms with Gasteiger partial charge in [0.15, 0.2) is 16.6 Å². The molecule has 1 amide bonds. The number of carbonyl (C=O) groups excluding carboxylic acids is 1. The number of amides is 1. The van der Waals surface area contributed by atoms with Crippen molar-refractivity contribution in [2.75, 3.05) is 26.6 Å². The molecule has 1 aromatic heterocycles. The van der Waals surface area contributed by atoms with Crippen molar-refractivity contribution in [3.05, 3.63) is 52.4 Å². The summed E-state index contributed by atoms with van der Waals surface area (Å²) in [6.45, 7) is 0. The van der Waals surface area contributed by atoms with Crippen LogP contribution in [0.4, 0.5) is 5.13 Å². The molecule has 0 bridgehead atoms. The van der Waals surface area contributed by atoms with Gasteiger partial charge in [0.2, 0.25) is 11.7 Å². The summed E-state index contributed by atoms with van der Waals surface area (Å²) in [5.41, 5.74) is 2.66. The van der Waals surface area contributed by atoms with E-state index in [0.717, 1.165) is 16.8 Å². The van der Waals surface area contributed by atoms with E-state index >= 15 is 0 Å². The number of thiazole rings is 1. The third-order valence-corrected chi connectivity index (χ3v) is 5.27. The molecular formula is C21H21ClN2O4S. The van der Waals surface area contributed by atoms with Gasteiger partial charge in [0, 0.05) is 22.4 Å². The predicted molar refractivity (Wildman–Crippen MR) is 116 cm³/mol. The van der Waals surface area contributed by atoms with E-state index in [4.69, 9.17) is 25.8 Å². The predicted octanol–water partition coefficient (Wildman–Crippen LogP) is 5.06. The van der Waals surface area contributed by atoms with Crippen LogP contribution in [0.5, 0.6) is 17.2 Å². The normalized spacial score (nSPS) is 10.5. The van der Waals surface area contributed by atoms with Crippen LogP contribution >= 0.6 is 22.9 Å². The van der Waals surface area contributed by atoms with Crippen LogP contribution in [0.15, 0.2) is 41.8 Å². The van der Waals surface area contributed by atoms with Gasteiger partial charge in [-0.1, -0.05) is 23.7 Å². The van der Waals surface area contributed by atoms with Crippen LogP contribution in [0, 0.1) is 0 Å². The maximum Gasteiger partial charge on any atom is 0.226 e. The second-order valence-corrected chi connectivity index (χ2v) is 7.42. The number of methoxy groups -OCH3 is 3. The number of anilines is 1. The number of carbonyl (C=O) groups is 1. The minimum Gasteiger partial charge on any atom is -0.493 e. The number of nitrogens with one attached hydrogen (secondary N) is 1. The lowest BCUT2D eigenvalue weighted by Gasteiger charge is -2.14. The highest BCUT2D eigenvalue weighted by molar-refractivity contribution is 7.14. The second-order valence-electron chi connectivity index (χ2n) is 6.13. The average Bonchev–Trinajstić information content (AvgIpc) is 3.20. The van der Waals surface area contributed by atoms with Crippen molar-refractivity contribution in [1.29, 1.82) is 0 Å². The fourth-order valence-corrected chi connectivity index (χ4v) is 3.67. The third-order valence-electron chi connectivity index (χ3n) is 4.26. The van der Waals surface area contributed by atoms with E-state index in [2.05, 4.69) is 10.3 Å². The smallest absolute Gasteiger partial charge is 0.226 e. The van der Waals surface area contributed by atoms with Crippen molar-refractivity contribution in [2.45, 2.75) is 12.8 Å². The summed E-state index contributed by atoms with van der Waals surface area (Å²) in [5.74, 6) is 1.54. The van der Waals surface area contributed by atoms with Crippen LogP contribution in [0.1, 0.15) is 12.0 Å². The van der Waals surface area contributed by atoms with Crippen LogP contribution in [-0.2, 0) is 11.2 Å². The van der Waals surface area contributed by atoms with Crippen molar-refractivity contribution in [3.8, 4) is 28.5 Å². The largest absolute Gasteiger partial charge is 0.493 e. The molecule has 0 radical (unpaired) electrons. The molecule has 0 aliphatic carbocycles. The van der Waals surface area contributed by atoms with Crippen molar-refractivity contribution >= 4 is 34.0 Å². The topological polar surface area (TPSA) is 69.7 Å². The average molecular weight is 433 g/mol. The van der Waals surface area contributed by atoms with Gasteiger partial charge in [-0.05, 0) is 36.2 Å². The molecule has 0 saturated carbocycles. The van der Waals surface area contributed by atoms with Crippen molar-refractivity contribution in [2.24, 2.45) is 0 Å². The van der Waals surface area contributed by atoms with Crippen LogP contribution in [0.3, 0.4) is 0 Å². The number of rotatable bonds is 8. The first-order valence-corrected chi connectivity index (χ1v) is 10.1. The fourth-order valence-electron chi connectivity index (χ4n) is 2.80. The maximum absolute atomic E-state index is 12.4. The summed E-state index contributed by atoms with van der Waals surface area (Å²) < 4.78 is 16.0. The van der Waals surface area contributed by atoms with Gasteiger partial charge in [-0.15, -0.1) is 11.3 Å². The van der Waals surface area contributed by atoms with Gasteiger partial charge < -0.3 is 19.5 Å². The zero-order chi connectivity index (χ0) is 20.8. The number of halogens is 1. The lowest BCUT2D eigenvalue weighted by Crippen LogP contribution is -2.12. The zero-order valence-electron chi connectivity index (χ0n) is 16.3. The molecule has 0 fully saturated rings. The van der Waals surface area contributed by atoms with Crippen LogP contribution in [0.2, 0.25) is 5.02 Å². The highest BCUT2D eigenvalue weighted by atomic mass is 35.5. The molecule has 0 spiro atoms. The molecule has 3 rings (SSSR count). The molecule has 8 heteroatoms. The molecule has 152 valence electrons. The molecule has 29 heavy (non-hydrogen) atoms. The van der Waals surface area contributed by atoms with Crippen molar-refractivity contribution in [3.63, 3.8) is 0 Å². The molecule has 6 nitrogen and oxygen atoms in total. The highest BCUT2D eigenvalue weighted by Crippen LogP contribution is 2.38. The molecule has 0 aliphatic rings. The Labute approximate surface area is 178 Å². The molecule has 0 saturated heterocycles. The Kier molecular flexibility index (Phi) is 6.95. The lowest BCUT2D eigenvalue weighted by atomic mass is 10.1. The first-order chi connectivity index (χ1) is 14.0. The second kappa shape index (κ2) is 9.62. The van der Waals surface area contributed by atoms with Gasteiger partial charge in [-0.2, -0.15) is 0 Å². The van der Waals surface area contributed by atoms with Gasteiger partial charge in [-0.3, -0.25) is 4.79 Å². The van der Waals surface area contributed by atoms with Crippen LogP contribution < -0.4 is 19.5 Å². The summed E-state index contributed by atoms with van der Waals surface area (Å²) in [4.78, 5) is 16.8. The quantitative estimate of drug-likeness (QED) is 0.538. The first-order valence-electron chi connectivity index (χ1n) is 8.84. The van der Waals surface area contributed by atoms with Gasteiger partial charge in [-0.25, -0.2) is 4.98 Å². The molecule has 1 N–H and O–H groups in total. The number of hydrogen-bond donors (Lipinski definition) is 1. The number of hydrogen-bond acceptors (Lipinski definition) is 6. The molecule has 1 heterocycles. The van der Waals surface area contributed by atoms with Gasteiger partial charge >= 0.3 is 0 Å². The van der Waals surface area contributed by atoms with E-state index in [1.54, 1.807) is 21.3 Å². The molecule has 0 unspecified atom stereocenters. The van der Waals surface area contributed by atoms with E-state index in [1.807, 2.05) is 41.8 Å². The molecule has 2 aromatic carbocycles. The Balaban J connectivity index is 1.62. The zero-order valence-corrected chi connectivity index (χ0v) is 17.9. The SMILES string of the molecule is COc1cc(CCC(=O)Nc2nc(-c3ccc(Cl)cc3)cs2)cc(OC)c1OC. The van der Waals surface area contributed by atoms with Crippen molar-refractivity contribution < 1.29 is 19.0 Å². The van der Waals surface area contributed by atoms with Gasteiger partial charge in [0.05, 0.1) is 27.0 Å². The van der Waals surface area contributed by atoms with E-state index in [9.17, 15) is 4.79 Å². The summed E-state index contributed by atoms with van der Waals surface area (Å²) in [7, 11) is 4.68. The maximum atomic E-state index is 12.4. The Bertz CT molecular complexity index is 964. The molecular weight excluding hydrogens is 412 g/mol. The number of aryl methyl sites for hydroxylation is 1. The van der Waals surface area contributed by atoms with Gasteiger partial charge in [0.25, 0.3) is 0 Å². The van der Waals surface area contributed by atoms with Gasteiger partial charge in [0.1, 0.15) is 0 Å². The van der Waals surface area contributed by atoms with E-state index in [-0.39, 0.29) is 5.91 Å². The van der Waals surface area contributed by atoms with Crippen LogP contribution in [0.25, 0.3) is 11.3 Å². The fraction of sp³-hybridized carbons (Fsp3) is 0.238. The number of nitrogens with zero attached hydrogens (tertiary/aromatic N) is 1. The standard InChI is InChI=1S/C21H21ClN2O4S/c1-26-17-10-13(11-18(27-2)20(17)28-3)4-9-19(25)24-21-23-16(12-29-21)14-5-7-15(22)8-6-14/h5-8,10-12H,4,9H2,1-3H3,(H,23,24,25). The van der Waals surface area contributed by atoms with E-state index in [1.165, 1.54) is 11.3 Å². The Hall–Kier alpha value is -2.77. The van der Waals surface area contributed by atoms with E-state index in [0.29, 0.717) is 40.2 Å². The summed E-state index contributed by atoms with van der Waals surface area (Å²) in [6, 6.07) is 11.1. The minimum absolute atomic E-state index is 0.115. The monoisotopic (exact) mass is 432 g/mol. The Morgan fingerprint density at radius 3 is 2.31 bits per heavy atom. The number of ether oxygens (including phenoxy) is 3. The molecule has 0 aliphatic heterocycles. The number of aromatic nitrogens is 1. The Morgan fingerprint density at radius 1 is 1.07 bits per heavy atom. The molecule has 0 atom stereocenters. The number of benzene rings is 2. The summed E-state index contributed by atoms with van der Waals surface area (Å²) in [6.07, 6.45) is 0.826. The van der Waals surface area contributed by atoms with Crippen molar-refractivity contribution in [1.82, 2.24) is 4.98 Å². The Morgan fingerprint density at radius 2 is 1.72 bits per heavy atom. The first kappa shape index (κ1) is 21.0. The lowest BCUT2D eigenvalue weighted by molar-refractivity contribution is -0.116. The summed E-state index contributed by atoms with van der Waals surface area (Å²) >= 11 is 7.30. The van der Waals surface area contributed by atoms with E-state index < -0.39 is 0 Å².